The molecule has 3 heteroatoms. The largest absolute Gasteiger partial charge is 0.360 e. The highest BCUT2D eigenvalue weighted by atomic mass is 32.1. The fraction of sp³-hybridized carbons (Fsp3) is 0.786. The first kappa shape index (κ1) is 11.5. The molecule has 0 aromatic rings. The summed E-state index contributed by atoms with van der Waals surface area (Å²) in [5, 5.41) is 7.92. The van der Waals surface area contributed by atoms with Crippen molar-refractivity contribution in [3.8, 4) is 0 Å². The Labute approximate surface area is 109 Å². The maximum Gasteiger partial charge on any atom is 0.166 e. The summed E-state index contributed by atoms with van der Waals surface area (Å²) in [7, 11) is 0. The van der Waals surface area contributed by atoms with Gasteiger partial charge in [0.15, 0.2) is 5.11 Å². The Morgan fingerprint density at radius 3 is 2.47 bits per heavy atom. The molecule has 0 aromatic carbocycles. The van der Waals surface area contributed by atoms with Gasteiger partial charge in [0.05, 0.1) is 0 Å². The smallest absolute Gasteiger partial charge is 0.166 e. The molecule has 2 bridgehead atoms. The van der Waals surface area contributed by atoms with Crippen LogP contribution in [-0.2, 0) is 0 Å². The van der Waals surface area contributed by atoms with Crippen molar-refractivity contribution in [3.05, 3.63) is 12.2 Å². The first-order valence-corrected chi connectivity index (χ1v) is 7.47. The van der Waals surface area contributed by atoms with Gasteiger partial charge in [0.1, 0.15) is 0 Å². The van der Waals surface area contributed by atoms with E-state index in [1.165, 1.54) is 44.9 Å². The van der Waals surface area contributed by atoms with Crippen molar-refractivity contribution in [2.75, 3.05) is 0 Å². The van der Waals surface area contributed by atoms with Crippen LogP contribution < -0.4 is 10.6 Å². The predicted octanol–water partition coefficient (Wildman–Crippen LogP) is 2.75. The molecule has 0 unspecified atom stereocenters. The van der Waals surface area contributed by atoms with Crippen LogP contribution in [-0.4, -0.2) is 17.2 Å². The molecule has 0 aromatic heterocycles. The summed E-state index contributed by atoms with van der Waals surface area (Å²) in [5.74, 6) is 1.54. The summed E-state index contributed by atoms with van der Waals surface area (Å²) >= 11 is 5.44. The highest BCUT2D eigenvalue weighted by molar-refractivity contribution is 7.80. The Kier molecular flexibility index (Phi) is 3.37. The van der Waals surface area contributed by atoms with Gasteiger partial charge in [-0.25, -0.2) is 0 Å². The molecule has 3 aliphatic rings. The summed E-state index contributed by atoms with van der Waals surface area (Å²) in [4.78, 5) is 0. The molecule has 3 aliphatic carbocycles. The molecule has 2 N–H and O–H groups in total. The molecule has 0 aliphatic heterocycles. The third-order valence-corrected chi connectivity index (χ3v) is 4.77. The van der Waals surface area contributed by atoms with E-state index in [4.69, 9.17) is 12.2 Å². The third kappa shape index (κ3) is 2.65. The van der Waals surface area contributed by atoms with Crippen LogP contribution in [0.5, 0.6) is 0 Å². The lowest BCUT2D eigenvalue weighted by Crippen LogP contribution is -2.47. The maximum atomic E-state index is 5.44. The van der Waals surface area contributed by atoms with E-state index in [9.17, 15) is 0 Å². The minimum Gasteiger partial charge on any atom is -0.360 e. The molecule has 0 radical (unpaired) electrons. The van der Waals surface area contributed by atoms with E-state index in [1.807, 2.05) is 0 Å². The van der Waals surface area contributed by atoms with Crippen molar-refractivity contribution in [2.45, 2.75) is 57.0 Å². The summed E-state index contributed by atoms with van der Waals surface area (Å²) in [6, 6.07) is 1.21. The van der Waals surface area contributed by atoms with Crippen LogP contribution >= 0.6 is 12.2 Å². The first-order valence-electron chi connectivity index (χ1n) is 7.06. The predicted molar refractivity (Wildman–Crippen MR) is 74.9 cm³/mol. The molecule has 0 spiro atoms. The number of allylic oxidation sites excluding steroid dienone is 1. The van der Waals surface area contributed by atoms with Gasteiger partial charge in [-0.2, -0.15) is 0 Å². The molecule has 0 saturated heterocycles. The number of thiocarbonyl (C=S) groups is 1. The lowest BCUT2D eigenvalue weighted by Gasteiger charge is -2.27. The third-order valence-electron chi connectivity index (χ3n) is 4.54. The molecule has 0 amide bonds. The highest BCUT2D eigenvalue weighted by Crippen LogP contribution is 2.38. The van der Waals surface area contributed by atoms with Gasteiger partial charge in [0.25, 0.3) is 0 Å². The summed E-state index contributed by atoms with van der Waals surface area (Å²) in [6.45, 7) is 0. The van der Waals surface area contributed by atoms with Crippen molar-refractivity contribution in [2.24, 2.45) is 11.8 Å². The number of nitrogens with one attached hydrogen (secondary N) is 2. The second-order valence-corrected chi connectivity index (χ2v) is 6.25. The van der Waals surface area contributed by atoms with Crippen LogP contribution in [0.2, 0.25) is 0 Å². The lowest BCUT2D eigenvalue weighted by molar-refractivity contribution is 0.408. The van der Waals surface area contributed by atoms with Crippen LogP contribution in [0.1, 0.15) is 44.9 Å². The minimum absolute atomic E-state index is 0.591. The summed E-state index contributed by atoms with van der Waals surface area (Å²) in [6.07, 6.45) is 14.0. The topological polar surface area (TPSA) is 24.1 Å². The molecule has 2 nitrogen and oxygen atoms in total. The zero-order chi connectivity index (χ0) is 11.7. The van der Waals surface area contributed by atoms with E-state index in [2.05, 4.69) is 22.8 Å². The Bertz CT molecular complexity index is 320. The van der Waals surface area contributed by atoms with Crippen LogP contribution in [0.15, 0.2) is 12.2 Å². The normalized spacial score (nSPS) is 36.1. The maximum absolute atomic E-state index is 5.44. The van der Waals surface area contributed by atoms with E-state index >= 15 is 0 Å². The van der Waals surface area contributed by atoms with Gasteiger partial charge in [-0.05, 0) is 49.7 Å². The zero-order valence-electron chi connectivity index (χ0n) is 10.3. The summed E-state index contributed by atoms with van der Waals surface area (Å²) in [5.41, 5.74) is 0. The van der Waals surface area contributed by atoms with Crippen molar-refractivity contribution in [1.29, 1.82) is 0 Å². The monoisotopic (exact) mass is 250 g/mol. The van der Waals surface area contributed by atoms with Crippen LogP contribution in [0.4, 0.5) is 0 Å². The van der Waals surface area contributed by atoms with Crippen molar-refractivity contribution < 1.29 is 0 Å². The van der Waals surface area contributed by atoms with Gasteiger partial charge in [0, 0.05) is 12.1 Å². The molecule has 94 valence electrons. The molecule has 0 heterocycles. The van der Waals surface area contributed by atoms with Crippen molar-refractivity contribution in [3.63, 3.8) is 0 Å². The molecule has 3 rings (SSSR count). The zero-order valence-corrected chi connectivity index (χ0v) is 11.1. The molecule has 3 atom stereocenters. The van der Waals surface area contributed by atoms with E-state index < -0.39 is 0 Å². The number of fused-ring (bicyclic) bond motifs is 2. The molecule has 2 fully saturated rings. The fourth-order valence-electron chi connectivity index (χ4n) is 3.59. The van der Waals surface area contributed by atoms with Gasteiger partial charge in [-0.3, -0.25) is 0 Å². The van der Waals surface area contributed by atoms with E-state index in [0.29, 0.717) is 12.1 Å². The van der Waals surface area contributed by atoms with Crippen LogP contribution in [0.25, 0.3) is 0 Å². The molecular weight excluding hydrogens is 228 g/mol. The molecule has 17 heavy (non-hydrogen) atoms. The highest BCUT2D eigenvalue weighted by Gasteiger charge is 2.35. The average molecular weight is 250 g/mol. The summed E-state index contributed by atoms with van der Waals surface area (Å²) < 4.78 is 0. The van der Waals surface area contributed by atoms with Gasteiger partial charge in [0.2, 0.25) is 0 Å². The lowest BCUT2D eigenvalue weighted by atomic mass is 9.96. The Morgan fingerprint density at radius 1 is 1.00 bits per heavy atom. The first-order chi connectivity index (χ1) is 8.31. The number of hydrogen-bond donors (Lipinski definition) is 2. The Morgan fingerprint density at radius 2 is 1.82 bits per heavy atom. The fourth-order valence-corrected chi connectivity index (χ4v) is 3.91. The average Bonchev–Trinajstić information content (AvgIpc) is 2.92. The second-order valence-electron chi connectivity index (χ2n) is 5.84. The molecular formula is C14H22N2S. The van der Waals surface area contributed by atoms with Crippen molar-refractivity contribution in [1.82, 2.24) is 10.6 Å². The van der Waals surface area contributed by atoms with E-state index in [0.717, 1.165) is 16.9 Å². The standard InChI is InChI=1S/C14H22N2S/c17-14(15-12-4-2-1-3-5-12)16-13-9-10-6-7-11(13)8-10/h6-7,10-13H,1-5,8-9H2,(H2,15,16,17)/t10-,11-,13+/m1/s1. The molecule has 2 saturated carbocycles. The van der Waals surface area contributed by atoms with Gasteiger partial charge in [-0.1, -0.05) is 31.4 Å². The SMILES string of the molecule is S=C(NC1CCCCC1)N[C@H]1C[C@@H]2C=C[C@@H]1C2. The van der Waals surface area contributed by atoms with Crippen molar-refractivity contribution >= 4 is 17.3 Å². The van der Waals surface area contributed by atoms with Crippen LogP contribution in [0.3, 0.4) is 0 Å². The van der Waals surface area contributed by atoms with E-state index in [1.54, 1.807) is 0 Å². The number of rotatable bonds is 2. The van der Waals surface area contributed by atoms with Gasteiger partial charge >= 0.3 is 0 Å². The van der Waals surface area contributed by atoms with Crippen LogP contribution in [0, 0.1) is 11.8 Å². The van der Waals surface area contributed by atoms with E-state index in [-0.39, 0.29) is 0 Å². The van der Waals surface area contributed by atoms with Gasteiger partial charge in [-0.15, -0.1) is 0 Å². The Balaban J connectivity index is 1.45. The number of hydrogen-bond acceptors (Lipinski definition) is 1. The van der Waals surface area contributed by atoms with Gasteiger partial charge < -0.3 is 10.6 Å². The Hall–Kier alpha value is -0.570. The minimum atomic E-state index is 0.591. The second kappa shape index (κ2) is 4.97. The quantitative estimate of drug-likeness (QED) is 0.582.